The van der Waals surface area contributed by atoms with Gasteiger partial charge in [0.25, 0.3) is 0 Å². The van der Waals surface area contributed by atoms with E-state index in [9.17, 15) is 8.42 Å². The van der Waals surface area contributed by atoms with Gasteiger partial charge in [-0.25, -0.2) is 13.4 Å². The number of hydrogen-bond acceptors (Lipinski definition) is 5. The van der Waals surface area contributed by atoms with Crippen LogP contribution in [0.15, 0.2) is 41.8 Å². The smallest absolute Gasteiger partial charge is 0.177 e. The zero-order valence-corrected chi connectivity index (χ0v) is 12.3. The van der Waals surface area contributed by atoms with Crippen molar-refractivity contribution in [2.45, 2.75) is 24.4 Å². The van der Waals surface area contributed by atoms with Crippen molar-refractivity contribution in [1.29, 1.82) is 0 Å². The van der Waals surface area contributed by atoms with Crippen molar-refractivity contribution in [1.82, 2.24) is 9.55 Å². The predicted octanol–water partition coefficient (Wildman–Crippen LogP) is 1.37. The van der Waals surface area contributed by atoms with Gasteiger partial charge in [0.15, 0.2) is 9.84 Å². The summed E-state index contributed by atoms with van der Waals surface area (Å²) < 4.78 is 25.2. The first-order valence-corrected chi connectivity index (χ1v) is 8.08. The summed E-state index contributed by atoms with van der Waals surface area (Å²) in [5.41, 5.74) is 6.81. The Labute approximate surface area is 118 Å². The fourth-order valence-electron chi connectivity index (χ4n) is 2.02. The van der Waals surface area contributed by atoms with Crippen LogP contribution < -0.4 is 11.1 Å². The molecule has 20 heavy (non-hydrogen) atoms. The molecule has 2 rings (SSSR count). The lowest BCUT2D eigenvalue weighted by Crippen LogP contribution is -2.22. The normalized spacial score (nSPS) is 13.1. The Hall–Kier alpha value is -2.02. The van der Waals surface area contributed by atoms with Gasteiger partial charge in [-0.1, -0.05) is 6.07 Å². The number of nitrogen functional groups attached to an aromatic ring is 1. The number of para-hydroxylation sites is 1. The van der Waals surface area contributed by atoms with Crippen LogP contribution in [0, 0.1) is 0 Å². The minimum absolute atomic E-state index is 0.0845. The van der Waals surface area contributed by atoms with Gasteiger partial charge in [0.2, 0.25) is 0 Å². The Morgan fingerprint density at radius 3 is 2.80 bits per heavy atom. The fourth-order valence-corrected chi connectivity index (χ4v) is 2.85. The molecule has 0 aliphatic heterocycles. The average molecular weight is 294 g/mol. The topological polar surface area (TPSA) is 90.0 Å². The number of hydrogen-bond donors (Lipinski definition) is 2. The zero-order chi connectivity index (χ0) is 14.8. The number of nitrogens with one attached hydrogen (secondary N) is 1. The molecule has 0 radical (unpaired) electrons. The van der Waals surface area contributed by atoms with Crippen molar-refractivity contribution < 1.29 is 8.42 Å². The molecule has 0 saturated heterocycles. The minimum Gasteiger partial charge on any atom is -0.396 e. The summed E-state index contributed by atoms with van der Waals surface area (Å²) in [6.07, 6.45) is 6.46. The minimum atomic E-state index is -3.32. The number of nitrogens with zero attached hydrogens (tertiary/aromatic N) is 2. The number of nitrogens with two attached hydrogens (primary N) is 1. The Morgan fingerprint density at radius 2 is 2.20 bits per heavy atom. The second-order valence-electron chi connectivity index (χ2n) is 4.79. The molecular weight excluding hydrogens is 276 g/mol. The molecule has 3 N–H and O–H groups in total. The van der Waals surface area contributed by atoms with Crippen LogP contribution in [-0.2, 0) is 16.4 Å². The standard InChI is InChI=1S/C13H18N4O2S/c1-10(8-17-7-6-15-9-17)16-11-4-3-5-12(13(11)14)20(2,18)19/h3-7,9-10,16H,8,14H2,1-2H3. The van der Waals surface area contributed by atoms with Crippen LogP contribution in [0.25, 0.3) is 0 Å². The van der Waals surface area contributed by atoms with Gasteiger partial charge in [-0.3, -0.25) is 0 Å². The Morgan fingerprint density at radius 1 is 1.45 bits per heavy atom. The first-order chi connectivity index (χ1) is 9.38. The second kappa shape index (κ2) is 5.54. The van der Waals surface area contributed by atoms with Crippen LogP contribution in [0.1, 0.15) is 6.92 Å². The molecule has 1 heterocycles. The first-order valence-electron chi connectivity index (χ1n) is 6.19. The molecule has 0 fully saturated rings. The maximum absolute atomic E-state index is 11.6. The first kappa shape index (κ1) is 14.4. The van der Waals surface area contributed by atoms with E-state index >= 15 is 0 Å². The van der Waals surface area contributed by atoms with Crippen molar-refractivity contribution in [2.75, 3.05) is 17.3 Å². The third kappa shape index (κ3) is 3.30. The zero-order valence-electron chi connectivity index (χ0n) is 11.4. The van der Waals surface area contributed by atoms with Crippen LogP contribution >= 0.6 is 0 Å². The van der Waals surface area contributed by atoms with E-state index in [2.05, 4.69) is 10.3 Å². The van der Waals surface area contributed by atoms with Gasteiger partial charge < -0.3 is 15.6 Å². The fraction of sp³-hybridized carbons (Fsp3) is 0.308. The second-order valence-corrected chi connectivity index (χ2v) is 6.78. The van der Waals surface area contributed by atoms with Crippen molar-refractivity contribution in [3.05, 3.63) is 36.9 Å². The highest BCUT2D eigenvalue weighted by Crippen LogP contribution is 2.27. The van der Waals surface area contributed by atoms with E-state index in [1.165, 1.54) is 6.07 Å². The van der Waals surface area contributed by atoms with Crippen LogP contribution in [0.5, 0.6) is 0 Å². The lowest BCUT2D eigenvalue weighted by molar-refractivity contribution is 0.602. The summed E-state index contributed by atoms with van der Waals surface area (Å²) in [5.74, 6) is 0. The van der Waals surface area contributed by atoms with Gasteiger partial charge >= 0.3 is 0 Å². The molecule has 6 nitrogen and oxygen atoms in total. The molecule has 7 heteroatoms. The van der Waals surface area contributed by atoms with Crippen LogP contribution in [0.2, 0.25) is 0 Å². The van der Waals surface area contributed by atoms with Gasteiger partial charge in [0.05, 0.1) is 22.6 Å². The molecule has 0 aliphatic rings. The molecule has 1 atom stereocenters. The van der Waals surface area contributed by atoms with Crippen molar-refractivity contribution in [2.24, 2.45) is 0 Å². The highest BCUT2D eigenvalue weighted by molar-refractivity contribution is 7.90. The number of aromatic nitrogens is 2. The van der Waals surface area contributed by atoms with Gasteiger partial charge in [0, 0.05) is 31.2 Å². The Kier molecular flexibility index (Phi) is 3.99. The van der Waals surface area contributed by atoms with Crippen molar-refractivity contribution in [3.8, 4) is 0 Å². The molecule has 0 aliphatic carbocycles. The molecule has 1 aromatic heterocycles. The number of sulfone groups is 1. The summed E-state index contributed by atoms with van der Waals surface area (Å²) in [6.45, 7) is 2.70. The maximum Gasteiger partial charge on any atom is 0.177 e. The van der Waals surface area contributed by atoms with Gasteiger partial charge in [-0.15, -0.1) is 0 Å². The van der Waals surface area contributed by atoms with E-state index in [0.29, 0.717) is 12.2 Å². The van der Waals surface area contributed by atoms with E-state index < -0.39 is 9.84 Å². The van der Waals surface area contributed by atoms with Crippen molar-refractivity contribution in [3.63, 3.8) is 0 Å². The molecule has 2 aromatic rings. The number of benzene rings is 1. The Balaban J connectivity index is 2.17. The van der Waals surface area contributed by atoms with E-state index in [1.807, 2.05) is 17.7 Å². The number of anilines is 2. The van der Waals surface area contributed by atoms with E-state index in [0.717, 1.165) is 6.26 Å². The quantitative estimate of drug-likeness (QED) is 0.813. The molecule has 1 unspecified atom stereocenters. The van der Waals surface area contributed by atoms with Crippen LogP contribution in [0.3, 0.4) is 0 Å². The van der Waals surface area contributed by atoms with Crippen LogP contribution in [0.4, 0.5) is 11.4 Å². The number of rotatable bonds is 5. The molecule has 108 valence electrons. The van der Waals surface area contributed by atoms with E-state index in [4.69, 9.17) is 5.73 Å². The maximum atomic E-state index is 11.6. The van der Waals surface area contributed by atoms with Crippen LogP contribution in [-0.4, -0.2) is 30.3 Å². The lowest BCUT2D eigenvalue weighted by atomic mass is 10.2. The summed E-state index contributed by atoms with van der Waals surface area (Å²) in [4.78, 5) is 4.13. The number of imidazole rings is 1. The lowest BCUT2D eigenvalue weighted by Gasteiger charge is -2.18. The summed E-state index contributed by atoms with van der Waals surface area (Å²) in [6, 6.07) is 5.05. The summed E-state index contributed by atoms with van der Waals surface area (Å²) in [5, 5.41) is 3.22. The highest BCUT2D eigenvalue weighted by Gasteiger charge is 2.15. The molecule has 0 spiro atoms. The third-order valence-electron chi connectivity index (χ3n) is 2.91. The van der Waals surface area contributed by atoms with E-state index in [1.54, 1.807) is 24.7 Å². The highest BCUT2D eigenvalue weighted by atomic mass is 32.2. The molecule has 1 aromatic carbocycles. The monoisotopic (exact) mass is 294 g/mol. The third-order valence-corrected chi connectivity index (χ3v) is 4.07. The summed E-state index contributed by atoms with van der Waals surface area (Å²) >= 11 is 0. The van der Waals surface area contributed by atoms with Crippen molar-refractivity contribution >= 4 is 21.2 Å². The van der Waals surface area contributed by atoms with Gasteiger partial charge in [0.1, 0.15) is 0 Å². The van der Waals surface area contributed by atoms with E-state index in [-0.39, 0.29) is 16.6 Å². The predicted molar refractivity (Wildman–Crippen MR) is 79.3 cm³/mol. The molecule has 0 saturated carbocycles. The van der Waals surface area contributed by atoms with Gasteiger partial charge in [-0.05, 0) is 19.1 Å². The average Bonchev–Trinajstić information content (AvgIpc) is 2.83. The SMILES string of the molecule is CC(Cn1ccnc1)Nc1cccc(S(C)(=O)=O)c1N. The Bertz CT molecular complexity index is 680. The molecule has 0 bridgehead atoms. The summed E-state index contributed by atoms with van der Waals surface area (Å²) in [7, 11) is -3.32. The largest absolute Gasteiger partial charge is 0.396 e. The molecule has 0 amide bonds. The molecular formula is C13H18N4O2S. The van der Waals surface area contributed by atoms with Gasteiger partial charge in [-0.2, -0.15) is 0 Å².